The maximum Gasteiger partial charge on any atom is 0.416 e. The van der Waals surface area contributed by atoms with Crippen molar-refractivity contribution in [1.82, 2.24) is 4.98 Å². The number of rotatable bonds is 4. The maximum absolute atomic E-state index is 12.7. The lowest BCUT2D eigenvalue weighted by Gasteiger charge is -2.14. The summed E-state index contributed by atoms with van der Waals surface area (Å²) in [5.74, 6) is 0.478. The molecule has 2 N–H and O–H groups in total. The lowest BCUT2D eigenvalue weighted by atomic mass is 9.99. The van der Waals surface area contributed by atoms with Gasteiger partial charge in [0.15, 0.2) is 0 Å². The summed E-state index contributed by atoms with van der Waals surface area (Å²) in [4.78, 5) is 4.04. The molecule has 2 rings (SSSR count). The van der Waals surface area contributed by atoms with Gasteiger partial charge in [-0.25, -0.2) is 4.98 Å². The zero-order valence-electron chi connectivity index (χ0n) is 11.4. The van der Waals surface area contributed by atoms with E-state index in [4.69, 9.17) is 10.5 Å². The lowest BCUT2D eigenvalue weighted by molar-refractivity contribution is -0.137. The molecule has 0 spiro atoms. The highest BCUT2D eigenvalue weighted by Gasteiger charge is 2.30. The highest BCUT2D eigenvalue weighted by molar-refractivity contribution is 5.29. The summed E-state index contributed by atoms with van der Waals surface area (Å²) in [6.45, 7) is 0. The molecule has 112 valence electrons. The van der Waals surface area contributed by atoms with Gasteiger partial charge in [-0.2, -0.15) is 13.2 Å². The summed E-state index contributed by atoms with van der Waals surface area (Å²) in [5.41, 5.74) is 6.57. The molecule has 0 aliphatic rings. The topological polar surface area (TPSA) is 48.1 Å². The molecule has 1 unspecified atom stereocenters. The minimum absolute atomic E-state index is 0.401. The predicted octanol–water partition coefficient (Wildman–Crippen LogP) is 3.35. The minimum Gasteiger partial charge on any atom is -0.481 e. The zero-order chi connectivity index (χ0) is 15.5. The number of ether oxygens (including phenoxy) is 1. The van der Waals surface area contributed by atoms with Gasteiger partial charge in [-0.3, -0.25) is 0 Å². The van der Waals surface area contributed by atoms with E-state index in [0.717, 1.165) is 17.7 Å². The largest absolute Gasteiger partial charge is 0.481 e. The molecule has 0 saturated carbocycles. The van der Waals surface area contributed by atoms with Gasteiger partial charge in [-0.15, -0.1) is 0 Å². The molecule has 0 radical (unpaired) electrons. The number of halogens is 3. The van der Waals surface area contributed by atoms with Crippen LogP contribution in [0.25, 0.3) is 0 Å². The average molecular weight is 296 g/mol. The van der Waals surface area contributed by atoms with Gasteiger partial charge in [-0.1, -0.05) is 18.2 Å². The quantitative estimate of drug-likeness (QED) is 0.941. The molecule has 1 heterocycles. The van der Waals surface area contributed by atoms with E-state index in [1.54, 1.807) is 24.4 Å². The van der Waals surface area contributed by atoms with E-state index in [2.05, 4.69) is 4.98 Å². The molecule has 6 heteroatoms. The predicted molar refractivity (Wildman–Crippen MR) is 72.9 cm³/mol. The van der Waals surface area contributed by atoms with Crippen molar-refractivity contribution in [2.75, 3.05) is 7.11 Å². The Hall–Kier alpha value is -2.08. The third-order valence-electron chi connectivity index (χ3n) is 3.10. The molecule has 0 bridgehead atoms. The van der Waals surface area contributed by atoms with Crippen molar-refractivity contribution in [1.29, 1.82) is 0 Å². The number of benzene rings is 1. The van der Waals surface area contributed by atoms with Gasteiger partial charge < -0.3 is 10.5 Å². The summed E-state index contributed by atoms with van der Waals surface area (Å²) < 4.78 is 43.0. The van der Waals surface area contributed by atoms with E-state index in [9.17, 15) is 13.2 Å². The Bertz CT molecular complexity index is 597. The van der Waals surface area contributed by atoms with E-state index in [0.29, 0.717) is 17.9 Å². The molecule has 2 aromatic rings. The Kier molecular flexibility index (Phi) is 4.47. The van der Waals surface area contributed by atoms with Crippen LogP contribution in [0.2, 0.25) is 0 Å². The Morgan fingerprint density at radius 2 is 2.00 bits per heavy atom. The summed E-state index contributed by atoms with van der Waals surface area (Å²) in [5, 5.41) is 0. The standard InChI is InChI=1S/C15H15F3N2O/c1-21-14-6-5-10(9-20-14)7-13(19)11-3-2-4-12(8-11)15(16,17)18/h2-6,8-9,13H,7,19H2,1H3. The summed E-state index contributed by atoms with van der Waals surface area (Å²) >= 11 is 0. The summed E-state index contributed by atoms with van der Waals surface area (Å²) in [6.07, 6.45) is -2.36. The van der Waals surface area contributed by atoms with E-state index in [-0.39, 0.29) is 0 Å². The maximum atomic E-state index is 12.7. The van der Waals surface area contributed by atoms with Crippen LogP contribution in [-0.4, -0.2) is 12.1 Å². The fraction of sp³-hybridized carbons (Fsp3) is 0.267. The van der Waals surface area contributed by atoms with Crippen LogP contribution in [0.3, 0.4) is 0 Å². The van der Waals surface area contributed by atoms with Crippen molar-refractivity contribution in [2.24, 2.45) is 5.73 Å². The van der Waals surface area contributed by atoms with Gasteiger partial charge in [0.05, 0.1) is 12.7 Å². The van der Waals surface area contributed by atoms with Crippen molar-refractivity contribution in [3.8, 4) is 5.88 Å². The molecule has 1 aromatic carbocycles. The van der Waals surface area contributed by atoms with E-state index in [1.165, 1.54) is 13.2 Å². The molecule has 1 atom stereocenters. The molecule has 1 aromatic heterocycles. The number of nitrogens with zero attached hydrogens (tertiary/aromatic N) is 1. The second-order valence-electron chi connectivity index (χ2n) is 4.64. The van der Waals surface area contributed by atoms with Crippen molar-refractivity contribution < 1.29 is 17.9 Å². The van der Waals surface area contributed by atoms with Crippen molar-refractivity contribution in [3.63, 3.8) is 0 Å². The Morgan fingerprint density at radius 1 is 1.24 bits per heavy atom. The average Bonchev–Trinajstić information content (AvgIpc) is 2.47. The van der Waals surface area contributed by atoms with Crippen LogP contribution in [0, 0.1) is 0 Å². The van der Waals surface area contributed by atoms with Crippen LogP contribution in [0.5, 0.6) is 5.88 Å². The van der Waals surface area contributed by atoms with Gasteiger partial charge >= 0.3 is 6.18 Å². The smallest absolute Gasteiger partial charge is 0.416 e. The fourth-order valence-electron chi connectivity index (χ4n) is 1.97. The van der Waals surface area contributed by atoms with Gasteiger partial charge in [-0.05, 0) is 29.7 Å². The minimum atomic E-state index is -4.36. The van der Waals surface area contributed by atoms with Crippen LogP contribution in [0.15, 0.2) is 42.6 Å². The first-order chi connectivity index (χ1) is 9.90. The first kappa shape index (κ1) is 15.3. The summed E-state index contributed by atoms with van der Waals surface area (Å²) in [6, 6.07) is 8.03. The molecule has 21 heavy (non-hydrogen) atoms. The van der Waals surface area contributed by atoms with E-state index < -0.39 is 17.8 Å². The Labute approximate surface area is 120 Å². The third kappa shape index (κ3) is 3.95. The van der Waals surface area contributed by atoms with Crippen molar-refractivity contribution >= 4 is 0 Å². The molecule has 0 saturated heterocycles. The van der Waals surface area contributed by atoms with Gasteiger partial charge in [0.25, 0.3) is 0 Å². The SMILES string of the molecule is COc1ccc(CC(N)c2cccc(C(F)(F)F)c2)cn1. The fourth-order valence-corrected chi connectivity index (χ4v) is 1.97. The zero-order valence-corrected chi connectivity index (χ0v) is 11.4. The number of alkyl halides is 3. The van der Waals surface area contributed by atoms with Gasteiger partial charge in [0.2, 0.25) is 5.88 Å². The Morgan fingerprint density at radius 3 is 2.57 bits per heavy atom. The first-order valence-corrected chi connectivity index (χ1v) is 6.32. The molecule has 3 nitrogen and oxygen atoms in total. The molecule has 0 aliphatic carbocycles. The number of hydrogen-bond donors (Lipinski definition) is 1. The van der Waals surface area contributed by atoms with Crippen LogP contribution < -0.4 is 10.5 Å². The number of pyridine rings is 1. The molecular formula is C15H15F3N2O. The van der Waals surface area contributed by atoms with Crippen LogP contribution in [0.1, 0.15) is 22.7 Å². The summed E-state index contributed by atoms with van der Waals surface area (Å²) in [7, 11) is 1.51. The third-order valence-corrected chi connectivity index (χ3v) is 3.10. The van der Waals surface area contributed by atoms with E-state index >= 15 is 0 Å². The lowest BCUT2D eigenvalue weighted by Crippen LogP contribution is -2.15. The normalized spacial score (nSPS) is 13.0. The number of nitrogens with two attached hydrogens (primary N) is 1. The number of aromatic nitrogens is 1. The second-order valence-corrected chi connectivity index (χ2v) is 4.64. The highest BCUT2D eigenvalue weighted by atomic mass is 19.4. The van der Waals surface area contributed by atoms with E-state index in [1.807, 2.05) is 0 Å². The van der Waals surface area contributed by atoms with Crippen LogP contribution in [-0.2, 0) is 12.6 Å². The molecule has 0 aliphatic heterocycles. The number of methoxy groups -OCH3 is 1. The monoisotopic (exact) mass is 296 g/mol. The van der Waals surface area contributed by atoms with Crippen molar-refractivity contribution in [2.45, 2.75) is 18.6 Å². The van der Waals surface area contributed by atoms with Crippen LogP contribution in [0.4, 0.5) is 13.2 Å². The van der Waals surface area contributed by atoms with Gasteiger partial charge in [0, 0.05) is 18.3 Å². The van der Waals surface area contributed by atoms with Crippen molar-refractivity contribution in [3.05, 3.63) is 59.3 Å². The molecule has 0 amide bonds. The first-order valence-electron chi connectivity index (χ1n) is 6.32. The van der Waals surface area contributed by atoms with Gasteiger partial charge in [0.1, 0.15) is 0 Å². The number of hydrogen-bond acceptors (Lipinski definition) is 3. The van der Waals surface area contributed by atoms with Crippen LogP contribution >= 0.6 is 0 Å². The molecule has 0 fully saturated rings. The Balaban J connectivity index is 2.14. The highest BCUT2D eigenvalue weighted by Crippen LogP contribution is 2.30. The second kappa shape index (κ2) is 6.13. The molecular weight excluding hydrogens is 281 g/mol.